The molecule has 0 N–H and O–H groups in total. The third-order valence-electron chi connectivity index (χ3n) is 3.44. The Bertz CT molecular complexity index is 956. The highest BCUT2D eigenvalue weighted by molar-refractivity contribution is 5.45. The van der Waals surface area contributed by atoms with E-state index in [1.54, 1.807) is 26.6 Å². The molecular formula is C22H16N2O2. The Labute approximate surface area is 152 Å². The van der Waals surface area contributed by atoms with Crippen molar-refractivity contribution in [3.8, 4) is 35.2 Å². The van der Waals surface area contributed by atoms with Gasteiger partial charge in [-0.25, -0.2) is 4.98 Å². The lowest BCUT2D eigenvalue weighted by Gasteiger charge is -1.98. The first kappa shape index (κ1) is 17.1. The highest BCUT2D eigenvalue weighted by Gasteiger charge is 1.96. The standard InChI is InChI=1S/C22H16N2O2/c1-25-21-7-3-5-17(13-21)9-11-19-15-23-16-20(24-19)12-10-18-6-4-8-22(14-18)26-2/h3-8,13-16H,1-2H3. The van der Waals surface area contributed by atoms with Gasteiger partial charge in [0.1, 0.15) is 22.9 Å². The molecule has 0 aliphatic carbocycles. The maximum absolute atomic E-state index is 5.19. The zero-order valence-electron chi connectivity index (χ0n) is 14.5. The average molecular weight is 340 g/mol. The second kappa shape index (κ2) is 8.37. The molecular weight excluding hydrogens is 324 g/mol. The summed E-state index contributed by atoms with van der Waals surface area (Å²) in [6, 6.07) is 15.1. The van der Waals surface area contributed by atoms with Crippen LogP contribution in [-0.2, 0) is 0 Å². The van der Waals surface area contributed by atoms with Gasteiger partial charge in [0.25, 0.3) is 0 Å². The van der Waals surface area contributed by atoms with Crippen molar-refractivity contribution in [2.75, 3.05) is 14.2 Å². The highest BCUT2D eigenvalue weighted by atomic mass is 16.5. The van der Waals surface area contributed by atoms with Crippen molar-refractivity contribution in [2.24, 2.45) is 0 Å². The molecule has 0 saturated heterocycles. The second-order valence-corrected chi connectivity index (χ2v) is 5.25. The molecule has 0 aliphatic heterocycles. The van der Waals surface area contributed by atoms with E-state index in [-0.39, 0.29) is 0 Å². The van der Waals surface area contributed by atoms with Crippen LogP contribution >= 0.6 is 0 Å². The van der Waals surface area contributed by atoms with Crippen LogP contribution < -0.4 is 9.47 Å². The molecule has 0 aliphatic rings. The molecule has 0 saturated carbocycles. The summed E-state index contributed by atoms with van der Waals surface area (Å²) < 4.78 is 10.4. The molecule has 26 heavy (non-hydrogen) atoms. The van der Waals surface area contributed by atoms with Gasteiger partial charge in [0.15, 0.2) is 0 Å². The molecule has 1 heterocycles. The van der Waals surface area contributed by atoms with Crippen molar-refractivity contribution >= 4 is 0 Å². The first-order valence-electron chi connectivity index (χ1n) is 7.91. The molecule has 1 aromatic heterocycles. The Hall–Kier alpha value is -3.76. The van der Waals surface area contributed by atoms with Crippen LogP contribution in [0.25, 0.3) is 0 Å². The van der Waals surface area contributed by atoms with Gasteiger partial charge in [-0.1, -0.05) is 24.0 Å². The second-order valence-electron chi connectivity index (χ2n) is 5.25. The van der Waals surface area contributed by atoms with E-state index in [2.05, 4.69) is 33.6 Å². The number of rotatable bonds is 2. The van der Waals surface area contributed by atoms with Crippen LogP contribution in [0.4, 0.5) is 0 Å². The van der Waals surface area contributed by atoms with Crippen molar-refractivity contribution in [3.63, 3.8) is 0 Å². The van der Waals surface area contributed by atoms with E-state index in [0.717, 1.165) is 22.6 Å². The Morgan fingerprint density at radius 1 is 0.692 bits per heavy atom. The molecule has 0 fully saturated rings. The minimum absolute atomic E-state index is 0.560. The SMILES string of the molecule is COc1cccc(C#Cc2cncc(C#Cc3cccc(OC)c3)n2)c1. The van der Waals surface area contributed by atoms with Crippen LogP contribution in [0.2, 0.25) is 0 Å². The molecule has 126 valence electrons. The van der Waals surface area contributed by atoms with E-state index >= 15 is 0 Å². The van der Waals surface area contributed by atoms with E-state index in [4.69, 9.17) is 9.47 Å². The van der Waals surface area contributed by atoms with Gasteiger partial charge >= 0.3 is 0 Å². The zero-order chi connectivity index (χ0) is 18.2. The summed E-state index contributed by atoms with van der Waals surface area (Å²) in [6.07, 6.45) is 3.23. The molecule has 0 bridgehead atoms. The first-order valence-corrected chi connectivity index (χ1v) is 7.91. The molecule has 0 amide bonds. The van der Waals surface area contributed by atoms with E-state index in [1.807, 2.05) is 48.5 Å². The van der Waals surface area contributed by atoms with Gasteiger partial charge in [0.2, 0.25) is 0 Å². The van der Waals surface area contributed by atoms with Crippen LogP contribution in [0.1, 0.15) is 22.5 Å². The Morgan fingerprint density at radius 3 is 1.65 bits per heavy atom. The summed E-state index contributed by atoms with van der Waals surface area (Å²) in [5.41, 5.74) is 2.81. The molecule has 4 heteroatoms. The quantitative estimate of drug-likeness (QED) is 0.672. The van der Waals surface area contributed by atoms with Crippen LogP contribution in [0.5, 0.6) is 11.5 Å². The summed E-state index contributed by atoms with van der Waals surface area (Å²) >= 11 is 0. The molecule has 3 rings (SSSR count). The summed E-state index contributed by atoms with van der Waals surface area (Å²) in [4.78, 5) is 8.58. The van der Waals surface area contributed by atoms with E-state index in [9.17, 15) is 0 Å². The van der Waals surface area contributed by atoms with Crippen LogP contribution in [0.15, 0.2) is 60.9 Å². The molecule has 2 aromatic carbocycles. The Morgan fingerprint density at radius 2 is 1.19 bits per heavy atom. The van der Waals surface area contributed by atoms with Gasteiger partial charge in [-0.2, -0.15) is 0 Å². The van der Waals surface area contributed by atoms with Crippen LogP contribution in [0.3, 0.4) is 0 Å². The van der Waals surface area contributed by atoms with Gasteiger partial charge in [0, 0.05) is 11.1 Å². The van der Waals surface area contributed by atoms with E-state index in [1.165, 1.54) is 0 Å². The number of benzene rings is 2. The smallest absolute Gasteiger partial charge is 0.133 e. The Kier molecular flexibility index (Phi) is 5.50. The normalized spacial score (nSPS) is 9.31. The van der Waals surface area contributed by atoms with Crippen LogP contribution in [-0.4, -0.2) is 24.2 Å². The fraction of sp³-hybridized carbons (Fsp3) is 0.0909. The Balaban J connectivity index is 1.81. The molecule has 3 aromatic rings. The monoisotopic (exact) mass is 340 g/mol. The van der Waals surface area contributed by atoms with E-state index in [0.29, 0.717) is 11.4 Å². The predicted octanol–water partition coefficient (Wildman–Crippen LogP) is 3.29. The largest absolute Gasteiger partial charge is 0.497 e. The van der Waals surface area contributed by atoms with Gasteiger partial charge in [-0.15, -0.1) is 0 Å². The number of hydrogen-bond acceptors (Lipinski definition) is 4. The van der Waals surface area contributed by atoms with E-state index < -0.39 is 0 Å². The number of methoxy groups -OCH3 is 2. The van der Waals surface area contributed by atoms with Crippen molar-refractivity contribution in [3.05, 3.63) is 83.4 Å². The minimum atomic E-state index is 0.560. The first-order chi connectivity index (χ1) is 12.8. The lowest BCUT2D eigenvalue weighted by atomic mass is 10.2. The van der Waals surface area contributed by atoms with Gasteiger partial charge in [-0.3, -0.25) is 4.98 Å². The summed E-state index contributed by atoms with van der Waals surface area (Å²) in [6.45, 7) is 0. The van der Waals surface area contributed by atoms with Crippen molar-refractivity contribution in [2.45, 2.75) is 0 Å². The fourth-order valence-corrected chi connectivity index (χ4v) is 2.16. The minimum Gasteiger partial charge on any atom is -0.497 e. The third-order valence-corrected chi connectivity index (χ3v) is 3.44. The van der Waals surface area contributed by atoms with Crippen molar-refractivity contribution < 1.29 is 9.47 Å². The maximum Gasteiger partial charge on any atom is 0.133 e. The summed E-state index contributed by atoms with van der Waals surface area (Å²) in [5.74, 6) is 13.6. The van der Waals surface area contributed by atoms with Crippen LogP contribution in [0, 0.1) is 23.7 Å². The summed E-state index contributed by atoms with van der Waals surface area (Å²) in [7, 11) is 3.25. The fourth-order valence-electron chi connectivity index (χ4n) is 2.16. The predicted molar refractivity (Wildman–Crippen MR) is 100.0 cm³/mol. The number of nitrogens with zero attached hydrogens (tertiary/aromatic N) is 2. The molecule has 0 atom stereocenters. The third kappa shape index (κ3) is 4.63. The summed E-state index contributed by atoms with van der Waals surface area (Å²) in [5, 5.41) is 0. The number of ether oxygens (including phenoxy) is 2. The molecule has 0 radical (unpaired) electrons. The van der Waals surface area contributed by atoms with Crippen molar-refractivity contribution in [1.29, 1.82) is 0 Å². The van der Waals surface area contributed by atoms with Crippen molar-refractivity contribution in [1.82, 2.24) is 9.97 Å². The van der Waals surface area contributed by atoms with Gasteiger partial charge in [0.05, 0.1) is 26.6 Å². The molecule has 4 nitrogen and oxygen atoms in total. The maximum atomic E-state index is 5.19. The van der Waals surface area contributed by atoms with Gasteiger partial charge < -0.3 is 9.47 Å². The lowest BCUT2D eigenvalue weighted by Crippen LogP contribution is -1.90. The number of aromatic nitrogens is 2. The molecule has 0 unspecified atom stereocenters. The average Bonchev–Trinajstić information content (AvgIpc) is 2.71. The number of hydrogen-bond donors (Lipinski definition) is 0. The highest BCUT2D eigenvalue weighted by Crippen LogP contribution is 2.12. The lowest BCUT2D eigenvalue weighted by molar-refractivity contribution is 0.414. The topological polar surface area (TPSA) is 44.2 Å². The zero-order valence-corrected chi connectivity index (χ0v) is 14.5. The van der Waals surface area contributed by atoms with Gasteiger partial charge in [-0.05, 0) is 48.2 Å². The molecule has 0 spiro atoms.